The smallest absolute Gasteiger partial charge is 0.319 e. The maximum absolute atomic E-state index is 13.2. The Labute approximate surface area is 163 Å². The van der Waals surface area contributed by atoms with Crippen LogP contribution >= 0.6 is 11.3 Å². The lowest BCUT2D eigenvalue weighted by Crippen LogP contribution is -2.40. The summed E-state index contributed by atoms with van der Waals surface area (Å²) >= 11 is 1.35. The summed E-state index contributed by atoms with van der Waals surface area (Å²) in [5.41, 5.74) is 0.544. The number of carbonyl (C=O) groups is 2. The lowest BCUT2D eigenvalue weighted by atomic mass is 9.92. The summed E-state index contributed by atoms with van der Waals surface area (Å²) in [5.74, 6) is -1.18. The lowest BCUT2D eigenvalue weighted by molar-refractivity contribution is -0.131. The molecule has 1 atom stereocenters. The molecular formula is C20H15F2N3O2S. The van der Waals surface area contributed by atoms with Gasteiger partial charge in [0.05, 0.1) is 12.2 Å². The van der Waals surface area contributed by atoms with Crippen LogP contribution in [-0.2, 0) is 16.9 Å². The topological polar surface area (TPSA) is 62.3 Å². The molecule has 8 heteroatoms. The molecule has 28 heavy (non-hydrogen) atoms. The minimum Gasteiger partial charge on any atom is -0.319 e. The standard InChI is InChI=1S/C20H15F2N3O2S/c1-20(13-4-8-15(22)9-5-13)18(26)25(19(27)24-20)10-16-11-28-17(23-16)12-2-6-14(21)7-3-12/h2-9,11H,10H2,1H3,(H,24,27)/t20-/m1/s1. The number of nitrogens with one attached hydrogen (secondary N) is 1. The van der Waals surface area contributed by atoms with Crippen molar-refractivity contribution in [2.24, 2.45) is 0 Å². The minimum atomic E-state index is -1.26. The van der Waals surface area contributed by atoms with Crippen molar-refractivity contribution < 1.29 is 18.4 Å². The molecule has 4 rings (SSSR count). The molecule has 1 saturated heterocycles. The van der Waals surface area contributed by atoms with Gasteiger partial charge < -0.3 is 5.32 Å². The largest absolute Gasteiger partial charge is 0.325 e. The number of aromatic nitrogens is 1. The molecule has 0 bridgehead atoms. The third-order valence-corrected chi connectivity index (χ3v) is 5.60. The number of amides is 3. The van der Waals surface area contributed by atoms with Gasteiger partial charge in [-0.05, 0) is 48.9 Å². The molecule has 3 amide bonds. The molecule has 0 spiro atoms. The highest BCUT2D eigenvalue weighted by molar-refractivity contribution is 7.13. The molecule has 5 nitrogen and oxygen atoms in total. The van der Waals surface area contributed by atoms with E-state index in [0.717, 1.165) is 10.5 Å². The molecule has 0 aliphatic carbocycles. The van der Waals surface area contributed by atoms with Crippen LogP contribution in [0.2, 0.25) is 0 Å². The number of carbonyl (C=O) groups excluding carboxylic acids is 2. The number of benzene rings is 2. The first-order valence-electron chi connectivity index (χ1n) is 8.47. The zero-order chi connectivity index (χ0) is 19.9. The van der Waals surface area contributed by atoms with Crippen LogP contribution in [0.5, 0.6) is 0 Å². The van der Waals surface area contributed by atoms with Gasteiger partial charge in [0.2, 0.25) is 0 Å². The van der Waals surface area contributed by atoms with Crippen molar-refractivity contribution in [1.82, 2.24) is 15.2 Å². The van der Waals surface area contributed by atoms with E-state index >= 15 is 0 Å². The SMILES string of the molecule is C[C@]1(c2ccc(F)cc2)NC(=O)N(Cc2csc(-c3ccc(F)cc3)n2)C1=O. The predicted molar refractivity (Wildman–Crippen MR) is 100 cm³/mol. The zero-order valence-electron chi connectivity index (χ0n) is 14.8. The van der Waals surface area contributed by atoms with Crippen molar-refractivity contribution in [3.8, 4) is 10.6 Å². The monoisotopic (exact) mass is 399 g/mol. The Hall–Kier alpha value is -3.13. The highest BCUT2D eigenvalue weighted by atomic mass is 32.1. The Balaban J connectivity index is 1.55. The average Bonchev–Trinajstić information content (AvgIpc) is 3.22. The Morgan fingerprint density at radius 2 is 1.64 bits per heavy atom. The summed E-state index contributed by atoms with van der Waals surface area (Å²) in [7, 11) is 0. The number of thiazole rings is 1. The second-order valence-electron chi connectivity index (χ2n) is 6.60. The molecule has 1 fully saturated rings. The van der Waals surface area contributed by atoms with Gasteiger partial charge in [-0.15, -0.1) is 11.3 Å². The summed E-state index contributed by atoms with van der Waals surface area (Å²) < 4.78 is 26.3. The van der Waals surface area contributed by atoms with Crippen molar-refractivity contribution in [2.45, 2.75) is 19.0 Å². The van der Waals surface area contributed by atoms with Crippen LogP contribution in [0, 0.1) is 11.6 Å². The fourth-order valence-electron chi connectivity index (χ4n) is 3.09. The molecule has 0 radical (unpaired) electrons. The van der Waals surface area contributed by atoms with Crippen molar-refractivity contribution in [3.63, 3.8) is 0 Å². The van der Waals surface area contributed by atoms with Gasteiger partial charge in [-0.3, -0.25) is 9.69 Å². The van der Waals surface area contributed by atoms with E-state index in [0.29, 0.717) is 16.3 Å². The molecule has 2 heterocycles. The molecule has 2 aromatic carbocycles. The van der Waals surface area contributed by atoms with Crippen molar-refractivity contribution in [3.05, 3.63) is 76.8 Å². The molecular weight excluding hydrogens is 384 g/mol. The van der Waals surface area contributed by atoms with E-state index in [9.17, 15) is 18.4 Å². The van der Waals surface area contributed by atoms with Crippen LogP contribution < -0.4 is 5.32 Å². The van der Waals surface area contributed by atoms with E-state index < -0.39 is 23.3 Å². The number of rotatable bonds is 4. The van der Waals surface area contributed by atoms with Crippen molar-refractivity contribution >= 4 is 23.3 Å². The Kier molecular flexibility index (Phi) is 4.43. The number of hydrogen-bond donors (Lipinski definition) is 1. The number of hydrogen-bond acceptors (Lipinski definition) is 4. The second kappa shape index (κ2) is 6.79. The first-order valence-corrected chi connectivity index (χ1v) is 9.35. The molecule has 1 aromatic heterocycles. The predicted octanol–water partition coefficient (Wildman–Crippen LogP) is 4.06. The fourth-order valence-corrected chi connectivity index (χ4v) is 3.90. The highest BCUT2D eigenvalue weighted by Crippen LogP contribution is 2.31. The zero-order valence-corrected chi connectivity index (χ0v) is 15.6. The van der Waals surface area contributed by atoms with Gasteiger partial charge in [-0.1, -0.05) is 12.1 Å². The lowest BCUT2D eigenvalue weighted by Gasteiger charge is -2.22. The summed E-state index contributed by atoms with van der Waals surface area (Å²) in [5, 5.41) is 5.11. The van der Waals surface area contributed by atoms with E-state index in [1.165, 1.54) is 47.7 Å². The van der Waals surface area contributed by atoms with Crippen LogP contribution in [-0.4, -0.2) is 21.8 Å². The molecule has 0 unspecified atom stereocenters. The third kappa shape index (κ3) is 3.16. The number of nitrogens with zero attached hydrogens (tertiary/aromatic N) is 2. The van der Waals surface area contributed by atoms with E-state index in [4.69, 9.17) is 0 Å². The van der Waals surface area contributed by atoms with Gasteiger partial charge in [-0.25, -0.2) is 18.6 Å². The molecule has 3 aromatic rings. The Bertz CT molecular complexity index is 1050. The first-order chi connectivity index (χ1) is 13.4. The molecule has 142 valence electrons. The maximum Gasteiger partial charge on any atom is 0.325 e. The number of halogens is 2. The van der Waals surface area contributed by atoms with E-state index in [1.807, 2.05) is 0 Å². The molecule has 1 N–H and O–H groups in total. The Morgan fingerprint density at radius 1 is 1.04 bits per heavy atom. The van der Waals surface area contributed by atoms with E-state index in [2.05, 4.69) is 10.3 Å². The summed E-state index contributed by atoms with van der Waals surface area (Å²) in [6.45, 7) is 1.60. The maximum atomic E-state index is 13.2. The van der Waals surface area contributed by atoms with Crippen molar-refractivity contribution in [2.75, 3.05) is 0 Å². The normalized spacial score (nSPS) is 19.2. The quantitative estimate of drug-likeness (QED) is 0.673. The minimum absolute atomic E-state index is 0.0130. The molecule has 1 aliphatic rings. The number of urea groups is 1. The van der Waals surface area contributed by atoms with Gasteiger partial charge in [0.15, 0.2) is 0 Å². The van der Waals surface area contributed by atoms with Gasteiger partial charge >= 0.3 is 6.03 Å². The van der Waals surface area contributed by atoms with Gasteiger partial charge in [0, 0.05) is 10.9 Å². The summed E-state index contributed by atoms with van der Waals surface area (Å²) in [4.78, 5) is 30.9. The highest BCUT2D eigenvalue weighted by Gasteiger charge is 2.49. The van der Waals surface area contributed by atoms with Gasteiger partial charge in [-0.2, -0.15) is 0 Å². The molecule has 0 saturated carbocycles. The second-order valence-corrected chi connectivity index (χ2v) is 7.46. The van der Waals surface area contributed by atoms with E-state index in [-0.39, 0.29) is 12.4 Å². The van der Waals surface area contributed by atoms with Gasteiger partial charge in [0.25, 0.3) is 5.91 Å². The Morgan fingerprint density at radius 3 is 2.29 bits per heavy atom. The van der Waals surface area contributed by atoms with Crippen LogP contribution in [0.3, 0.4) is 0 Å². The third-order valence-electron chi connectivity index (χ3n) is 4.66. The first kappa shape index (κ1) is 18.2. The molecule has 1 aliphatic heterocycles. The fraction of sp³-hybridized carbons (Fsp3) is 0.150. The van der Waals surface area contributed by atoms with Crippen molar-refractivity contribution in [1.29, 1.82) is 0 Å². The van der Waals surface area contributed by atoms with Crippen LogP contribution in [0.25, 0.3) is 10.6 Å². The van der Waals surface area contributed by atoms with Crippen LogP contribution in [0.1, 0.15) is 18.2 Å². The number of imide groups is 1. The van der Waals surface area contributed by atoms with E-state index in [1.54, 1.807) is 24.4 Å². The summed E-state index contributed by atoms with van der Waals surface area (Å²) in [6.07, 6.45) is 0. The van der Waals surface area contributed by atoms with Gasteiger partial charge in [0.1, 0.15) is 22.2 Å². The average molecular weight is 399 g/mol. The van der Waals surface area contributed by atoms with Crippen LogP contribution in [0.15, 0.2) is 53.9 Å². The van der Waals surface area contributed by atoms with Crippen LogP contribution in [0.4, 0.5) is 13.6 Å². The summed E-state index contributed by atoms with van der Waals surface area (Å²) in [6, 6.07) is 10.9.